The Bertz CT molecular complexity index is 1440. The van der Waals surface area contributed by atoms with E-state index in [0.29, 0.717) is 37.5 Å². The highest BCUT2D eigenvalue weighted by atomic mass is 19.1. The third-order valence-electron chi connectivity index (χ3n) is 7.62. The van der Waals surface area contributed by atoms with Gasteiger partial charge in [0.1, 0.15) is 29.6 Å². The summed E-state index contributed by atoms with van der Waals surface area (Å²) >= 11 is 0. The fourth-order valence-corrected chi connectivity index (χ4v) is 5.41. The third kappa shape index (κ3) is 4.65. The first-order valence-corrected chi connectivity index (χ1v) is 12.6. The van der Waals surface area contributed by atoms with Crippen molar-refractivity contribution < 1.29 is 42.2 Å². The SMILES string of the molecule is COCCOC1=NO[C@@]2(CC[C@H](C)N3C[C@H]2n2cc(C(=O)NCc4c(F)cc(F)cc4F)c(=O)c(O)c2C3=O)C1. The lowest BCUT2D eigenvalue weighted by atomic mass is 9.85. The number of halogens is 3. The average Bonchev–Trinajstić information content (AvgIpc) is 3.27. The molecule has 1 saturated heterocycles. The highest BCUT2D eigenvalue weighted by Gasteiger charge is 2.54. The van der Waals surface area contributed by atoms with E-state index in [-0.39, 0.29) is 31.3 Å². The number of fused-ring (bicyclic) bond motifs is 5. The molecule has 5 rings (SSSR count). The van der Waals surface area contributed by atoms with Crippen molar-refractivity contribution in [2.45, 2.75) is 50.4 Å². The molecule has 1 spiro atoms. The lowest BCUT2D eigenvalue weighted by Gasteiger charge is -2.41. The van der Waals surface area contributed by atoms with E-state index in [1.54, 1.807) is 4.90 Å². The quantitative estimate of drug-likeness (QED) is 0.515. The maximum Gasteiger partial charge on any atom is 0.274 e. The summed E-state index contributed by atoms with van der Waals surface area (Å²) in [6.45, 7) is 1.86. The summed E-state index contributed by atoms with van der Waals surface area (Å²) < 4.78 is 53.4. The Labute approximate surface area is 226 Å². The van der Waals surface area contributed by atoms with Gasteiger partial charge in [0.05, 0.1) is 19.1 Å². The predicted molar refractivity (Wildman–Crippen MR) is 132 cm³/mol. The molecule has 3 aliphatic heterocycles. The molecule has 2 N–H and O–H groups in total. The topological polar surface area (TPSA) is 132 Å². The number of carbonyl (C=O) groups is 2. The van der Waals surface area contributed by atoms with E-state index >= 15 is 0 Å². The van der Waals surface area contributed by atoms with E-state index in [1.807, 2.05) is 6.92 Å². The molecule has 1 fully saturated rings. The zero-order chi connectivity index (χ0) is 28.8. The van der Waals surface area contributed by atoms with Gasteiger partial charge in [-0.25, -0.2) is 13.2 Å². The molecule has 0 aliphatic carbocycles. The number of oxime groups is 1. The van der Waals surface area contributed by atoms with Gasteiger partial charge in [0.15, 0.2) is 17.0 Å². The van der Waals surface area contributed by atoms with Crippen LogP contribution >= 0.6 is 0 Å². The summed E-state index contributed by atoms with van der Waals surface area (Å²) in [5.41, 5.74) is -3.63. The molecule has 2 bridgehead atoms. The normalized spacial score (nSPS) is 23.4. The van der Waals surface area contributed by atoms with Gasteiger partial charge in [-0.15, -0.1) is 0 Å². The molecule has 4 heterocycles. The van der Waals surface area contributed by atoms with E-state index in [2.05, 4.69) is 10.5 Å². The average molecular weight is 565 g/mol. The highest BCUT2D eigenvalue weighted by molar-refractivity contribution is 5.99. The van der Waals surface area contributed by atoms with Gasteiger partial charge in [0.25, 0.3) is 11.8 Å². The van der Waals surface area contributed by atoms with Crippen molar-refractivity contribution in [3.63, 3.8) is 0 Å². The van der Waals surface area contributed by atoms with Gasteiger partial charge in [0, 0.05) is 50.1 Å². The molecule has 1 aromatic carbocycles. The summed E-state index contributed by atoms with van der Waals surface area (Å²) in [5.74, 6) is -5.83. The summed E-state index contributed by atoms with van der Waals surface area (Å²) in [4.78, 5) is 46.9. The minimum atomic E-state index is -1.22. The van der Waals surface area contributed by atoms with E-state index in [9.17, 15) is 32.7 Å². The molecule has 3 aliphatic rings. The van der Waals surface area contributed by atoms with Crippen molar-refractivity contribution in [2.24, 2.45) is 5.16 Å². The molecule has 0 unspecified atom stereocenters. The lowest BCUT2D eigenvalue weighted by molar-refractivity contribution is -0.0655. The number of rotatable bonds is 6. The zero-order valence-corrected chi connectivity index (χ0v) is 21.7. The first-order valence-electron chi connectivity index (χ1n) is 12.6. The molecule has 0 radical (unpaired) electrons. The second-order valence-corrected chi connectivity index (χ2v) is 10.0. The van der Waals surface area contributed by atoms with E-state index in [0.717, 1.165) is 6.20 Å². The molecule has 3 atom stereocenters. The van der Waals surface area contributed by atoms with Crippen molar-refractivity contribution in [1.82, 2.24) is 14.8 Å². The number of aromatic hydroxyl groups is 1. The fourth-order valence-electron chi connectivity index (χ4n) is 5.41. The molecule has 2 amide bonds. The van der Waals surface area contributed by atoms with Crippen LogP contribution in [0.3, 0.4) is 0 Å². The van der Waals surface area contributed by atoms with Crippen molar-refractivity contribution >= 4 is 17.7 Å². The number of nitrogens with one attached hydrogen (secondary N) is 1. The standard InChI is InChI=1S/C26H27F3N4O7/c1-13-3-4-26(9-20(31-40-26)39-6-5-38-2)19-12-32(13)25(37)21-23(35)22(34)16(11-33(19)21)24(36)30-10-15-17(28)7-14(27)8-18(15)29/h7-8,11,13,19,35H,3-6,9-10,12H2,1-2H3,(H,30,36)/t13-,19+,26-/m0/s1. The van der Waals surface area contributed by atoms with Crippen molar-refractivity contribution in [3.05, 3.63) is 62.8 Å². The van der Waals surface area contributed by atoms with Gasteiger partial charge in [-0.3, -0.25) is 14.4 Å². The van der Waals surface area contributed by atoms with Crippen LogP contribution in [0.25, 0.3) is 0 Å². The van der Waals surface area contributed by atoms with Crippen molar-refractivity contribution in [2.75, 3.05) is 26.9 Å². The Morgan fingerprint density at radius 1 is 1.25 bits per heavy atom. The van der Waals surface area contributed by atoms with Gasteiger partial charge in [-0.05, 0) is 19.8 Å². The third-order valence-corrected chi connectivity index (χ3v) is 7.62. The maximum atomic E-state index is 14.1. The summed E-state index contributed by atoms with van der Waals surface area (Å²) in [5, 5.41) is 17.2. The number of hydrogen-bond acceptors (Lipinski definition) is 8. The monoisotopic (exact) mass is 564 g/mol. The Morgan fingerprint density at radius 2 is 1.98 bits per heavy atom. The number of benzene rings is 1. The Kier molecular flexibility index (Phi) is 7.21. The molecule has 40 heavy (non-hydrogen) atoms. The molecule has 11 nitrogen and oxygen atoms in total. The smallest absolute Gasteiger partial charge is 0.274 e. The summed E-state index contributed by atoms with van der Waals surface area (Å²) in [6, 6.07) is 0.00116. The molecule has 0 saturated carbocycles. The van der Waals surface area contributed by atoms with E-state index in [4.69, 9.17) is 14.3 Å². The largest absolute Gasteiger partial charge is 0.503 e. The minimum Gasteiger partial charge on any atom is -0.503 e. The highest BCUT2D eigenvalue weighted by Crippen LogP contribution is 2.46. The molecular weight excluding hydrogens is 537 g/mol. The van der Waals surface area contributed by atoms with Crippen LogP contribution in [0, 0.1) is 17.5 Å². The Morgan fingerprint density at radius 3 is 2.67 bits per heavy atom. The number of aromatic nitrogens is 1. The minimum absolute atomic E-state index is 0.142. The number of amides is 2. The Balaban J connectivity index is 1.50. The number of ether oxygens (including phenoxy) is 2. The first-order chi connectivity index (χ1) is 19.1. The van der Waals surface area contributed by atoms with Crippen LogP contribution in [-0.4, -0.2) is 70.8 Å². The molecule has 1 aromatic heterocycles. The lowest BCUT2D eigenvalue weighted by Crippen LogP contribution is -2.52. The summed E-state index contributed by atoms with van der Waals surface area (Å²) in [6.07, 6.45) is 2.34. The number of methoxy groups -OCH3 is 1. The first kappa shape index (κ1) is 27.5. The van der Waals surface area contributed by atoms with Crippen molar-refractivity contribution in [1.29, 1.82) is 0 Å². The van der Waals surface area contributed by atoms with Crippen LogP contribution in [0.1, 0.15) is 58.6 Å². The predicted octanol–water partition coefficient (Wildman–Crippen LogP) is 2.22. The number of nitrogens with zero attached hydrogens (tertiary/aromatic N) is 3. The van der Waals surface area contributed by atoms with Crippen LogP contribution in [-0.2, 0) is 20.9 Å². The van der Waals surface area contributed by atoms with Gasteiger partial charge in [-0.1, -0.05) is 5.16 Å². The fraction of sp³-hybridized carbons (Fsp3) is 0.462. The Hall–Kier alpha value is -4.07. The molecule has 214 valence electrons. The number of pyridine rings is 1. The van der Waals surface area contributed by atoms with Gasteiger partial charge < -0.3 is 34.2 Å². The van der Waals surface area contributed by atoms with E-state index in [1.165, 1.54) is 11.7 Å². The number of carbonyl (C=O) groups excluding carboxylic acids is 2. The molecule has 14 heteroatoms. The zero-order valence-electron chi connectivity index (χ0n) is 21.7. The van der Waals surface area contributed by atoms with Crippen LogP contribution in [0.2, 0.25) is 0 Å². The van der Waals surface area contributed by atoms with Crippen LogP contribution in [0.5, 0.6) is 5.75 Å². The maximum absolute atomic E-state index is 14.1. The number of hydrogen-bond donors (Lipinski definition) is 2. The van der Waals surface area contributed by atoms with Gasteiger partial charge in [0.2, 0.25) is 11.3 Å². The van der Waals surface area contributed by atoms with Crippen LogP contribution in [0.15, 0.2) is 28.3 Å². The van der Waals surface area contributed by atoms with Gasteiger partial charge in [-0.2, -0.15) is 0 Å². The van der Waals surface area contributed by atoms with Crippen molar-refractivity contribution in [3.8, 4) is 5.75 Å². The van der Waals surface area contributed by atoms with E-state index < -0.39 is 69.8 Å². The molecular formula is C26H27F3N4O7. The second kappa shape index (κ2) is 10.5. The van der Waals surface area contributed by atoms with Crippen LogP contribution < -0.4 is 10.7 Å². The second-order valence-electron chi connectivity index (χ2n) is 10.0. The van der Waals surface area contributed by atoms with Crippen LogP contribution in [0.4, 0.5) is 13.2 Å². The summed E-state index contributed by atoms with van der Waals surface area (Å²) in [7, 11) is 1.53. The van der Waals surface area contributed by atoms with Gasteiger partial charge >= 0.3 is 0 Å². The molecule has 2 aromatic rings.